The molecule has 1 heteroatoms. The van der Waals surface area contributed by atoms with E-state index in [1.807, 2.05) is 18.2 Å². The van der Waals surface area contributed by atoms with E-state index in [2.05, 4.69) is 50.2 Å². The Balaban J connectivity index is 2.01. The van der Waals surface area contributed by atoms with Gasteiger partial charge in [-0.15, -0.1) is 11.6 Å². The molecule has 100 valence electrons. The molecule has 0 aliphatic rings. The lowest BCUT2D eigenvalue weighted by molar-refractivity contribution is 0.558. The van der Waals surface area contributed by atoms with Crippen LogP contribution in [0.1, 0.15) is 35.9 Å². The molecule has 0 amide bonds. The molecule has 0 heterocycles. The van der Waals surface area contributed by atoms with Crippen molar-refractivity contribution in [2.75, 3.05) is 0 Å². The highest BCUT2D eigenvalue weighted by Crippen LogP contribution is 2.31. The number of benzene rings is 2. The van der Waals surface area contributed by atoms with Gasteiger partial charge in [0.15, 0.2) is 0 Å². The first-order chi connectivity index (χ1) is 9.20. The third-order valence-corrected chi connectivity index (χ3v) is 4.29. The van der Waals surface area contributed by atoms with E-state index >= 15 is 0 Å². The van der Waals surface area contributed by atoms with E-state index in [1.54, 1.807) is 0 Å². The number of halogens is 1. The summed E-state index contributed by atoms with van der Waals surface area (Å²) in [6.45, 7) is 4.40. The Hall–Kier alpha value is -1.27. The van der Waals surface area contributed by atoms with Crippen molar-refractivity contribution in [3.05, 3.63) is 71.3 Å². The van der Waals surface area contributed by atoms with Crippen molar-refractivity contribution in [1.29, 1.82) is 0 Å². The smallest absolute Gasteiger partial charge is 0.0613 e. The third kappa shape index (κ3) is 3.84. The van der Waals surface area contributed by atoms with Crippen molar-refractivity contribution in [2.45, 2.75) is 32.1 Å². The zero-order chi connectivity index (χ0) is 13.7. The van der Waals surface area contributed by atoms with Gasteiger partial charge in [0.1, 0.15) is 0 Å². The van der Waals surface area contributed by atoms with Gasteiger partial charge >= 0.3 is 0 Å². The van der Waals surface area contributed by atoms with Crippen LogP contribution in [0.5, 0.6) is 0 Å². The molecule has 0 saturated carbocycles. The predicted molar refractivity (Wildman–Crippen MR) is 83.7 cm³/mol. The summed E-state index contributed by atoms with van der Waals surface area (Å²) in [6.07, 6.45) is 2.12. The number of aryl methyl sites for hydroxylation is 1. The highest BCUT2D eigenvalue weighted by molar-refractivity contribution is 6.21. The average Bonchev–Trinajstić information content (AvgIpc) is 2.48. The van der Waals surface area contributed by atoms with Gasteiger partial charge in [-0.25, -0.2) is 0 Å². The monoisotopic (exact) mass is 272 g/mol. The Labute approximate surface area is 121 Å². The molecule has 2 atom stereocenters. The van der Waals surface area contributed by atoms with E-state index in [4.69, 9.17) is 11.6 Å². The molecular weight excluding hydrogens is 252 g/mol. The molecule has 0 nitrogen and oxygen atoms in total. The van der Waals surface area contributed by atoms with Crippen LogP contribution in [0, 0.1) is 5.92 Å². The topological polar surface area (TPSA) is 0 Å². The van der Waals surface area contributed by atoms with Crippen LogP contribution in [0.15, 0.2) is 54.6 Å². The number of alkyl halides is 1. The SMILES string of the molecule is CCc1ccc(CC(C)C(Cl)c2ccccc2)cc1. The van der Waals surface area contributed by atoms with Gasteiger partial charge in [-0.2, -0.15) is 0 Å². The summed E-state index contributed by atoms with van der Waals surface area (Å²) >= 11 is 6.57. The van der Waals surface area contributed by atoms with Crippen LogP contribution in [0.3, 0.4) is 0 Å². The van der Waals surface area contributed by atoms with Crippen molar-refractivity contribution < 1.29 is 0 Å². The van der Waals surface area contributed by atoms with Gasteiger partial charge in [0.2, 0.25) is 0 Å². The molecule has 0 aliphatic carbocycles. The normalized spacial score (nSPS) is 14.1. The molecular formula is C18H21Cl. The molecule has 0 spiro atoms. The molecule has 0 fully saturated rings. The van der Waals surface area contributed by atoms with Crippen molar-refractivity contribution >= 4 is 11.6 Å². The molecule has 2 aromatic rings. The first-order valence-electron chi connectivity index (χ1n) is 6.97. The van der Waals surface area contributed by atoms with Crippen molar-refractivity contribution in [3.63, 3.8) is 0 Å². The van der Waals surface area contributed by atoms with Crippen LogP contribution in [-0.4, -0.2) is 0 Å². The van der Waals surface area contributed by atoms with E-state index < -0.39 is 0 Å². The van der Waals surface area contributed by atoms with Gasteiger partial charge < -0.3 is 0 Å². The van der Waals surface area contributed by atoms with E-state index in [-0.39, 0.29) is 5.38 Å². The van der Waals surface area contributed by atoms with Crippen LogP contribution in [0.4, 0.5) is 0 Å². The molecule has 19 heavy (non-hydrogen) atoms. The predicted octanol–water partition coefficient (Wildman–Crippen LogP) is 5.41. The second kappa shape index (κ2) is 6.77. The molecule has 0 aliphatic heterocycles. The highest BCUT2D eigenvalue weighted by Gasteiger charge is 2.16. The largest absolute Gasteiger partial charge is 0.118 e. The van der Waals surface area contributed by atoms with Crippen LogP contribution in [0.2, 0.25) is 0 Å². The average molecular weight is 273 g/mol. The minimum atomic E-state index is 0.0760. The zero-order valence-corrected chi connectivity index (χ0v) is 12.4. The minimum Gasteiger partial charge on any atom is -0.118 e. The van der Waals surface area contributed by atoms with Crippen LogP contribution >= 0.6 is 11.6 Å². The Morgan fingerprint density at radius 2 is 1.47 bits per heavy atom. The van der Waals surface area contributed by atoms with Gasteiger partial charge in [-0.3, -0.25) is 0 Å². The maximum absolute atomic E-state index is 6.57. The third-order valence-electron chi connectivity index (χ3n) is 3.61. The first-order valence-corrected chi connectivity index (χ1v) is 7.41. The summed E-state index contributed by atoms with van der Waals surface area (Å²) in [5.74, 6) is 0.427. The van der Waals surface area contributed by atoms with Crippen LogP contribution < -0.4 is 0 Å². The molecule has 0 radical (unpaired) electrons. The maximum atomic E-state index is 6.57. The van der Waals surface area contributed by atoms with Crippen LogP contribution in [0.25, 0.3) is 0 Å². The van der Waals surface area contributed by atoms with Crippen molar-refractivity contribution in [1.82, 2.24) is 0 Å². The van der Waals surface area contributed by atoms with E-state index in [9.17, 15) is 0 Å². The maximum Gasteiger partial charge on any atom is 0.0613 e. The van der Waals surface area contributed by atoms with E-state index in [0.717, 1.165) is 12.8 Å². The molecule has 2 unspecified atom stereocenters. The summed E-state index contributed by atoms with van der Waals surface area (Å²) in [5, 5.41) is 0.0760. The fraction of sp³-hybridized carbons (Fsp3) is 0.333. The van der Waals surface area contributed by atoms with Gasteiger partial charge in [-0.05, 0) is 35.4 Å². The summed E-state index contributed by atoms with van der Waals surface area (Å²) < 4.78 is 0. The van der Waals surface area contributed by atoms with Crippen LogP contribution in [-0.2, 0) is 12.8 Å². The summed E-state index contributed by atoms with van der Waals surface area (Å²) in [5.41, 5.74) is 3.97. The number of hydrogen-bond acceptors (Lipinski definition) is 0. The second-order valence-electron chi connectivity index (χ2n) is 5.16. The second-order valence-corrected chi connectivity index (χ2v) is 5.63. The fourth-order valence-corrected chi connectivity index (χ4v) is 2.59. The lowest BCUT2D eigenvalue weighted by Crippen LogP contribution is -2.07. The number of hydrogen-bond donors (Lipinski definition) is 0. The Morgan fingerprint density at radius 1 is 0.895 bits per heavy atom. The molecule has 2 aromatic carbocycles. The Bertz CT molecular complexity index is 487. The first kappa shape index (κ1) is 14.1. The highest BCUT2D eigenvalue weighted by atomic mass is 35.5. The molecule has 0 saturated heterocycles. The fourth-order valence-electron chi connectivity index (χ4n) is 2.35. The lowest BCUT2D eigenvalue weighted by Gasteiger charge is -2.18. The Morgan fingerprint density at radius 3 is 2.05 bits per heavy atom. The zero-order valence-electron chi connectivity index (χ0n) is 11.6. The van der Waals surface area contributed by atoms with Gasteiger partial charge in [0, 0.05) is 0 Å². The summed E-state index contributed by atoms with van der Waals surface area (Å²) in [7, 11) is 0. The molecule has 0 bridgehead atoms. The van der Waals surface area contributed by atoms with E-state index in [1.165, 1.54) is 16.7 Å². The lowest BCUT2D eigenvalue weighted by atomic mass is 9.93. The molecule has 2 rings (SSSR count). The van der Waals surface area contributed by atoms with Gasteiger partial charge in [0.05, 0.1) is 5.38 Å². The van der Waals surface area contributed by atoms with Crippen molar-refractivity contribution in [3.8, 4) is 0 Å². The standard InChI is InChI=1S/C18H21Cl/c1-3-15-9-11-16(12-10-15)13-14(2)18(19)17-7-5-4-6-8-17/h4-12,14,18H,3,13H2,1-2H3. The molecule has 0 N–H and O–H groups in total. The molecule has 0 aromatic heterocycles. The minimum absolute atomic E-state index is 0.0760. The summed E-state index contributed by atoms with van der Waals surface area (Å²) in [4.78, 5) is 0. The van der Waals surface area contributed by atoms with Crippen molar-refractivity contribution in [2.24, 2.45) is 5.92 Å². The quantitative estimate of drug-likeness (QED) is 0.639. The van der Waals surface area contributed by atoms with Gasteiger partial charge in [0.25, 0.3) is 0 Å². The van der Waals surface area contributed by atoms with E-state index in [0.29, 0.717) is 5.92 Å². The Kier molecular flexibility index (Phi) is 5.04. The number of rotatable bonds is 5. The summed E-state index contributed by atoms with van der Waals surface area (Å²) in [6, 6.07) is 19.2. The van der Waals surface area contributed by atoms with Gasteiger partial charge in [-0.1, -0.05) is 68.4 Å².